The lowest BCUT2D eigenvalue weighted by atomic mass is 10.1. The molecule has 1 aliphatic heterocycles. The van der Waals surface area contributed by atoms with Crippen molar-refractivity contribution in [3.63, 3.8) is 0 Å². The lowest BCUT2D eigenvalue weighted by Gasteiger charge is -2.34. The van der Waals surface area contributed by atoms with Gasteiger partial charge in [0, 0.05) is 45.7 Å². The molecule has 0 aliphatic carbocycles. The second-order valence-corrected chi connectivity index (χ2v) is 7.75. The lowest BCUT2D eigenvalue weighted by Crippen LogP contribution is -2.50. The van der Waals surface area contributed by atoms with Gasteiger partial charge in [-0.25, -0.2) is 0 Å². The Morgan fingerprint density at radius 3 is 2.50 bits per heavy atom. The molecule has 1 aliphatic rings. The summed E-state index contributed by atoms with van der Waals surface area (Å²) < 4.78 is 5.16. The molecule has 3 rings (SSSR count). The molecule has 0 radical (unpaired) electrons. The molecule has 2 aromatic rings. The van der Waals surface area contributed by atoms with Gasteiger partial charge >= 0.3 is 0 Å². The Labute approximate surface area is 170 Å². The van der Waals surface area contributed by atoms with Crippen LogP contribution in [0.1, 0.15) is 21.7 Å². The van der Waals surface area contributed by atoms with Crippen LogP contribution in [0, 0.1) is 0 Å². The number of carbonyl (C=O) groups is 2. The topological polar surface area (TPSA) is 61.9 Å². The molecule has 1 aromatic heterocycles. The first-order valence-electron chi connectivity index (χ1n) is 9.60. The van der Waals surface area contributed by atoms with Crippen molar-refractivity contribution in [1.29, 1.82) is 0 Å². The number of aryl methyl sites for hydroxylation is 1. The Morgan fingerprint density at radius 2 is 1.86 bits per heavy atom. The minimum Gasteiger partial charge on any atom is -0.497 e. The van der Waals surface area contributed by atoms with Crippen molar-refractivity contribution in [2.45, 2.75) is 12.8 Å². The Balaban J connectivity index is 1.32. The van der Waals surface area contributed by atoms with Gasteiger partial charge in [-0.15, -0.1) is 11.3 Å². The number of thiophene rings is 1. The predicted molar refractivity (Wildman–Crippen MR) is 111 cm³/mol. The zero-order chi connectivity index (χ0) is 19.8. The summed E-state index contributed by atoms with van der Waals surface area (Å²) in [4.78, 5) is 29.4. The van der Waals surface area contributed by atoms with E-state index in [-0.39, 0.29) is 11.8 Å². The van der Waals surface area contributed by atoms with Gasteiger partial charge in [-0.05, 0) is 35.6 Å². The summed E-state index contributed by atoms with van der Waals surface area (Å²) in [5.41, 5.74) is 1.15. The molecule has 0 spiro atoms. The van der Waals surface area contributed by atoms with Gasteiger partial charge in [0.25, 0.3) is 5.91 Å². The predicted octanol–water partition coefficient (Wildman–Crippen LogP) is 2.26. The molecule has 0 unspecified atom stereocenters. The number of ether oxygens (including phenoxy) is 1. The molecule has 0 bridgehead atoms. The van der Waals surface area contributed by atoms with Gasteiger partial charge in [0.15, 0.2) is 0 Å². The van der Waals surface area contributed by atoms with Crippen molar-refractivity contribution >= 4 is 23.2 Å². The number of piperazine rings is 1. The van der Waals surface area contributed by atoms with Gasteiger partial charge in [-0.2, -0.15) is 0 Å². The van der Waals surface area contributed by atoms with E-state index in [2.05, 4.69) is 10.2 Å². The van der Waals surface area contributed by atoms with E-state index in [4.69, 9.17) is 4.74 Å². The van der Waals surface area contributed by atoms with Crippen LogP contribution in [0.15, 0.2) is 41.8 Å². The third-order valence-corrected chi connectivity index (χ3v) is 5.84. The molecule has 28 heavy (non-hydrogen) atoms. The molecule has 2 heterocycles. The third-order valence-electron chi connectivity index (χ3n) is 4.97. The molecule has 1 aromatic carbocycles. The number of hydrogen-bond acceptors (Lipinski definition) is 5. The van der Waals surface area contributed by atoms with Crippen molar-refractivity contribution in [3.8, 4) is 5.75 Å². The quantitative estimate of drug-likeness (QED) is 0.737. The van der Waals surface area contributed by atoms with E-state index in [0.29, 0.717) is 13.0 Å². The maximum atomic E-state index is 12.5. The van der Waals surface area contributed by atoms with Gasteiger partial charge in [0.2, 0.25) is 5.91 Å². The zero-order valence-corrected chi connectivity index (χ0v) is 17.0. The summed E-state index contributed by atoms with van der Waals surface area (Å²) >= 11 is 1.45. The van der Waals surface area contributed by atoms with E-state index in [1.54, 1.807) is 7.11 Å². The molecule has 2 amide bonds. The molecule has 0 atom stereocenters. The summed E-state index contributed by atoms with van der Waals surface area (Å²) in [6.07, 6.45) is 1.28. The van der Waals surface area contributed by atoms with Crippen LogP contribution in [0.25, 0.3) is 0 Å². The number of nitrogens with zero attached hydrogens (tertiary/aromatic N) is 2. The number of hydrogen-bond donors (Lipinski definition) is 1. The van der Waals surface area contributed by atoms with Crippen molar-refractivity contribution in [1.82, 2.24) is 15.1 Å². The van der Waals surface area contributed by atoms with E-state index in [1.807, 2.05) is 46.7 Å². The van der Waals surface area contributed by atoms with Crippen LogP contribution >= 0.6 is 11.3 Å². The molecule has 7 heteroatoms. The first kappa shape index (κ1) is 20.4. The highest BCUT2D eigenvalue weighted by atomic mass is 32.1. The summed E-state index contributed by atoms with van der Waals surface area (Å²) in [7, 11) is 1.65. The minimum atomic E-state index is -0.0117. The van der Waals surface area contributed by atoms with Gasteiger partial charge in [0.05, 0.1) is 12.0 Å². The number of methoxy groups -OCH3 is 1. The van der Waals surface area contributed by atoms with E-state index >= 15 is 0 Å². The van der Waals surface area contributed by atoms with Crippen LogP contribution in [0.2, 0.25) is 0 Å². The summed E-state index contributed by atoms with van der Waals surface area (Å²) in [5, 5.41) is 4.86. The summed E-state index contributed by atoms with van der Waals surface area (Å²) in [5.74, 6) is 1.03. The Hall–Kier alpha value is -2.38. The van der Waals surface area contributed by atoms with Crippen LogP contribution in [-0.2, 0) is 11.2 Å². The molecule has 6 nitrogen and oxygen atoms in total. The normalized spacial score (nSPS) is 14.7. The summed E-state index contributed by atoms with van der Waals surface area (Å²) in [6, 6.07) is 11.6. The fourth-order valence-corrected chi connectivity index (χ4v) is 3.88. The van der Waals surface area contributed by atoms with Crippen molar-refractivity contribution in [2.24, 2.45) is 0 Å². The molecule has 1 saturated heterocycles. The average molecular weight is 402 g/mol. The first-order valence-corrected chi connectivity index (χ1v) is 10.5. The van der Waals surface area contributed by atoms with Crippen molar-refractivity contribution in [2.75, 3.05) is 46.4 Å². The minimum absolute atomic E-state index is 0.0117. The van der Waals surface area contributed by atoms with Gasteiger partial charge in [0.1, 0.15) is 5.75 Å². The second-order valence-electron chi connectivity index (χ2n) is 6.80. The van der Waals surface area contributed by atoms with Crippen molar-refractivity contribution in [3.05, 3.63) is 52.2 Å². The van der Waals surface area contributed by atoms with Crippen LogP contribution in [0.4, 0.5) is 0 Å². The van der Waals surface area contributed by atoms with Gasteiger partial charge < -0.3 is 15.0 Å². The number of rotatable bonds is 8. The summed E-state index contributed by atoms with van der Waals surface area (Å²) in [6.45, 7) is 4.64. The highest BCUT2D eigenvalue weighted by Gasteiger charge is 2.20. The fourth-order valence-electron chi connectivity index (χ4n) is 3.24. The van der Waals surface area contributed by atoms with Crippen LogP contribution < -0.4 is 10.1 Å². The maximum Gasteiger partial charge on any atom is 0.261 e. The van der Waals surface area contributed by atoms with Gasteiger partial charge in [-0.3, -0.25) is 14.5 Å². The highest BCUT2D eigenvalue weighted by Crippen LogP contribution is 2.13. The molecular formula is C21H27N3O3S. The van der Waals surface area contributed by atoms with Gasteiger partial charge in [-0.1, -0.05) is 18.2 Å². The maximum absolute atomic E-state index is 12.5. The number of amides is 2. The number of nitrogens with one attached hydrogen (secondary N) is 1. The van der Waals surface area contributed by atoms with Crippen LogP contribution in [0.3, 0.4) is 0 Å². The van der Waals surface area contributed by atoms with Crippen molar-refractivity contribution < 1.29 is 14.3 Å². The lowest BCUT2D eigenvalue weighted by molar-refractivity contribution is -0.132. The Morgan fingerprint density at radius 1 is 1.11 bits per heavy atom. The second kappa shape index (κ2) is 10.2. The molecule has 0 saturated carbocycles. The monoisotopic (exact) mass is 401 g/mol. The van der Waals surface area contributed by atoms with E-state index < -0.39 is 0 Å². The van der Waals surface area contributed by atoms with E-state index in [0.717, 1.165) is 55.3 Å². The average Bonchev–Trinajstić information content (AvgIpc) is 3.28. The fraction of sp³-hybridized carbons (Fsp3) is 0.429. The van der Waals surface area contributed by atoms with Crippen LogP contribution in [0.5, 0.6) is 5.75 Å². The standard InChI is InChI=1S/C21H27N3O3S/c1-27-18-7-4-17(5-8-18)6-9-20(25)24-14-12-23(13-15-24)11-10-22-21(26)19-3-2-16-28-19/h2-5,7-8,16H,6,9-15H2,1H3,(H,22,26). The first-order chi connectivity index (χ1) is 13.7. The third kappa shape index (κ3) is 5.81. The molecular weight excluding hydrogens is 374 g/mol. The molecule has 1 fully saturated rings. The number of benzene rings is 1. The van der Waals surface area contributed by atoms with Crippen LogP contribution in [-0.4, -0.2) is 68.0 Å². The van der Waals surface area contributed by atoms with E-state index in [1.165, 1.54) is 11.3 Å². The number of carbonyl (C=O) groups excluding carboxylic acids is 2. The molecule has 1 N–H and O–H groups in total. The highest BCUT2D eigenvalue weighted by molar-refractivity contribution is 7.12. The SMILES string of the molecule is COc1ccc(CCC(=O)N2CCN(CCNC(=O)c3cccs3)CC2)cc1. The smallest absolute Gasteiger partial charge is 0.261 e. The Kier molecular flexibility index (Phi) is 7.45. The Bertz CT molecular complexity index is 754. The zero-order valence-electron chi connectivity index (χ0n) is 16.2. The largest absolute Gasteiger partial charge is 0.497 e. The van der Waals surface area contributed by atoms with E-state index in [9.17, 15) is 9.59 Å². The molecule has 150 valence electrons.